The molecular weight excluding hydrogens is 364 g/mol. The number of nitrogens with zero attached hydrogens (tertiary/aromatic N) is 3. The van der Waals surface area contributed by atoms with Crippen LogP contribution in [-0.2, 0) is 4.79 Å². The Labute approximate surface area is 174 Å². The van der Waals surface area contributed by atoms with E-state index in [0.717, 1.165) is 43.4 Å². The van der Waals surface area contributed by atoms with Crippen LogP contribution in [0.4, 0.5) is 0 Å². The lowest BCUT2D eigenvalue weighted by Crippen LogP contribution is -2.51. The third-order valence-corrected chi connectivity index (χ3v) is 9.12. The number of aliphatic hydroxyl groups is 1. The van der Waals surface area contributed by atoms with Gasteiger partial charge in [0.15, 0.2) is 5.78 Å². The summed E-state index contributed by atoms with van der Waals surface area (Å²) in [5, 5.41) is 21.9. The lowest BCUT2D eigenvalue weighted by atomic mass is 9.49. The topological polar surface area (TPSA) is 100 Å². The second-order valence-corrected chi connectivity index (χ2v) is 10.9. The Kier molecular flexibility index (Phi) is 5.60. The molecule has 4 aliphatic rings. The van der Waals surface area contributed by atoms with E-state index in [1.165, 1.54) is 32.1 Å². The predicted octanol–water partition coefficient (Wildman–Crippen LogP) is 4.32. The number of carbonyl (C=O) groups excluding carboxylic acids is 1. The minimum atomic E-state index is -0.455. The minimum absolute atomic E-state index is 0.111. The largest absolute Gasteiger partial charge is 0.390 e. The summed E-state index contributed by atoms with van der Waals surface area (Å²) in [5.74, 6) is 4.42. The van der Waals surface area contributed by atoms with E-state index < -0.39 is 5.60 Å². The van der Waals surface area contributed by atoms with Crippen molar-refractivity contribution in [2.75, 3.05) is 6.54 Å². The van der Waals surface area contributed by atoms with Crippen LogP contribution in [0.1, 0.15) is 78.6 Å². The number of carbonyl (C=O) groups is 1. The van der Waals surface area contributed by atoms with Gasteiger partial charge < -0.3 is 10.8 Å². The molecule has 4 rings (SSSR count). The molecule has 8 atom stereocenters. The summed E-state index contributed by atoms with van der Waals surface area (Å²) >= 11 is 0. The molecule has 0 aromatic rings. The Morgan fingerprint density at radius 3 is 2.55 bits per heavy atom. The Morgan fingerprint density at radius 1 is 1.03 bits per heavy atom. The van der Waals surface area contributed by atoms with Crippen LogP contribution in [-0.4, -0.2) is 28.9 Å². The molecule has 0 unspecified atom stereocenters. The van der Waals surface area contributed by atoms with E-state index in [2.05, 4.69) is 22.4 Å². The van der Waals surface area contributed by atoms with Crippen molar-refractivity contribution >= 4 is 11.6 Å². The van der Waals surface area contributed by atoms with Crippen molar-refractivity contribution in [3.05, 3.63) is 0 Å². The van der Waals surface area contributed by atoms with Gasteiger partial charge in [0.05, 0.1) is 5.60 Å². The maximum atomic E-state index is 12.9. The van der Waals surface area contributed by atoms with Crippen LogP contribution >= 0.6 is 0 Å². The summed E-state index contributed by atoms with van der Waals surface area (Å²) in [7, 11) is 0. The fourth-order valence-corrected chi connectivity index (χ4v) is 7.92. The highest BCUT2D eigenvalue weighted by atomic mass is 16.3. The molecular formula is C23H38N4O2. The number of hydrogen-bond acceptors (Lipinski definition) is 4. The molecule has 6 heteroatoms. The molecule has 6 nitrogen and oxygen atoms in total. The van der Waals surface area contributed by atoms with E-state index in [1.807, 2.05) is 6.92 Å². The van der Waals surface area contributed by atoms with Crippen molar-refractivity contribution in [3.8, 4) is 0 Å². The van der Waals surface area contributed by atoms with Gasteiger partial charge in [-0.3, -0.25) is 4.79 Å². The molecule has 0 aliphatic heterocycles. The van der Waals surface area contributed by atoms with Gasteiger partial charge in [-0.1, -0.05) is 6.92 Å². The summed E-state index contributed by atoms with van der Waals surface area (Å²) in [5.41, 5.74) is 5.12. The maximum absolute atomic E-state index is 12.9. The molecule has 4 fully saturated rings. The predicted molar refractivity (Wildman–Crippen MR) is 113 cm³/mol. The van der Waals surface area contributed by atoms with Gasteiger partial charge in [0, 0.05) is 5.92 Å². The van der Waals surface area contributed by atoms with Crippen LogP contribution in [0.25, 0.3) is 0 Å². The van der Waals surface area contributed by atoms with E-state index in [-0.39, 0.29) is 23.7 Å². The first-order chi connectivity index (χ1) is 13.7. The molecule has 0 aromatic carbocycles. The maximum Gasteiger partial charge on any atom is 0.159 e. The van der Waals surface area contributed by atoms with E-state index in [9.17, 15) is 9.90 Å². The molecule has 0 radical (unpaired) electrons. The summed E-state index contributed by atoms with van der Waals surface area (Å²) in [6, 6.07) is 0. The first kappa shape index (κ1) is 21.0. The smallest absolute Gasteiger partial charge is 0.159 e. The molecule has 0 heterocycles. The standard InChI is InChI=1S/C23H38N4O2/c1-14(24)26-27-25-13-21(28)20-7-6-19-18-5-4-15-12-22(2,29)10-8-16(15)17(18)9-11-23(19,20)3/h15-20,29H,4-13H2,1-3H3,(H2,24,25,26)/t15-,16+,17-,18-,19+,20-,22-,23+/m1/s1. The SMILES string of the molecule is CC(N)=NN=NCC(=O)[C@H]1CC[C@H]2[C@@H]3CC[C@@H]4C[C@](C)(O)CC[C@@H]4[C@H]3CC[C@]12C. The number of Topliss-reactive ketones (excluding diaryl/α,β-unsaturated/α-hetero) is 1. The number of rotatable bonds is 4. The van der Waals surface area contributed by atoms with Gasteiger partial charge >= 0.3 is 0 Å². The fraction of sp³-hybridized carbons (Fsp3) is 0.913. The van der Waals surface area contributed by atoms with E-state index in [1.54, 1.807) is 6.92 Å². The molecule has 0 aromatic heterocycles. The zero-order valence-corrected chi connectivity index (χ0v) is 18.3. The quantitative estimate of drug-likeness (QED) is 0.317. The molecule has 4 aliphatic carbocycles. The van der Waals surface area contributed by atoms with Crippen LogP contribution in [0.15, 0.2) is 15.4 Å². The van der Waals surface area contributed by atoms with Crippen LogP contribution < -0.4 is 5.73 Å². The van der Waals surface area contributed by atoms with Gasteiger partial charge in [-0.25, -0.2) is 0 Å². The van der Waals surface area contributed by atoms with Gasteiger partial charge in [0.2, 0.25) is 0 Å². The normalized spacial score (nSPS) is 47.5. The molecule has 162 valence electrons. The first-order valence-electron chi connectivity index (χ1n) is 11.6. The van der Waals surface area contributed by atoms with Gasteiger partial charge in [-0.05, 0) is 112 Å². The summed E-state index contributed by atoms with van der Waals surface area (Å²) in [4.78, 5) is 12.9. The number of amidine groups is 1. The molecule has 0 saturated heterocycles. The summed E-state index contributed by atoms with van der Waals surface area (Å²) in [6.45, 7) is 6.18. The van der Waals surface area contributed by atoms with Gasteiger partial charge in [0.25, 0.3) is 0 Å². The average Bonchev–Trinajstić information content (AvgIpc) is 3.01. The number of fused-ring (bicyclic) bond motifs is 5. The van der Waals surface area contributed by atoms with Gasteiger partial charge in [0.1, 0.15) is 12.4 Å². The van der Waals surface area contributed by atoms with Crippen LogP contribution in [0, 0.1) is 40.9 Å². The van der Waals surface area contributed by atoms with Crippen LogP contribution in [0.3, 0.4) is 0 Å². The molecule has 3 N–H and O–H groups in total. The van der Waals surface area contributed by atoms with Gasteiger partial charge in [-0.15, -0.1) is 5.10 Å². The molecule has 29 heavy (non-hydrogen) atoms. The molecule has 0 bridgehead atoms. The second kappa shape index (κ2) is 7.75. The lowest BCUT2D eigenvalue weighted by molar-refractivity contribution is -0.131. The highest BCUT2D eigenvalue weighted by Gasteiger charge is 2.58. The Hall–Kier alpha value is -1.30. The number of nitrogens with two attached hydrogens (primary N) is 1. The third-order valence-electron chi connectivity index (χ3n) is 9.12. The zero-order chi connectivity index (χ0) is 20.8. The van der Waals surface area contributed by atoms with E-state index in [4.69, 9.17) is 5.73 Å². The number of hydrogen-bond donors (Lipinski definition) is 2. The van der Waals surface area contributed by atoms with Crippen molar-refractivity contribution in [1.82, 2.24) is 0 Å². The second-order valence-electron chi connectivity index (χ2n) is 10.9. The molecule has 0 amide bonds. The van der Waals surface area contributed by atoms with Crippen LogP contribution in [0.5, 0.6) is 0 Å². The molecule has 4 saturated carbocycles. The Bertz CT molecular complexity index is 699. The highest BCUT2D eigenvalue weighted by Crippen LogP contribution is 2.64. The highest BCUT2D eigenvalue weighted by molar-refractivity contribution is 5.84. The first-order valence-corrected chi connectivity index (χ1v) is 11.6. The van der Waals surface area contributed by atoms with Crippen molar-refractivity contribution < 1.29 is 9.90 Å². The summed E-state index contributed by atoms with van der Waals surface area (Å²) in [6.07, 6.45) is 10.3. The Morgan fingerprint density at radius 2 is 1.79 bits per heavy atom. The third kappa shape index (κ3) is 3.89. The van der Waals surface area contributed by atoms with Crippen molar-refractivity contribution in [1.29, 1.82) is 0 Å². The van der Waals surface area contributed by atoms with E-state index >= 15 is 0 Å². The van der Waals surface area contributed by atoms with E-state index in [0.29, 0.717) is 17.7 Å². The number of ketones is 1. The lowest BCUT2D eigenvalue weighted by Gasteiger charge is -2.56. The average molecular weight is 403 g/mol. The Balaban J connectivity index is 1.44. The molecule has 0 spiro atoms. The minimum Gasteiger partial charge on any atom is -0.390 e. The monoisotopic (exact) mass is 402 g/mol. The van der Waals surface area contributed by atoms with Crippen molar-refractivity contribution in [2.45, 2.75) is 84.2 Å². The van der Waals surface area contributed by atoms with Gasteiger partial charge in [-0.2, -0.15) is 5.11 Å². The fourth-order valence-electron chi connectivity index (χ4n) is 7.92. The zero-order valence-electron chi connectivity index (χ0n) is 18.3. The van der Waals surface area contributed by atoms with Crippen molar-refractivity contribution in [2.24, 2.45) is 62.1 Å². The van der Waals surface area contributed by atoms with Crippen LogP contribution in [0.2, 0.25) is 0 Å². The van der Waals surface area contributed by atoms with Crippen molar-refractivity contribution in [3.63, 3.8) is 0 Å². The summed E-state index contributed by atoms with van der Waals surface area (Å²) < 4.78 is 0.